The average molecular weight is 323 g/mol. The quantitative estimate of drug-likeness (QED) is 0.537. The average Bonchev–Trinajstić information content (AvgIpc) is 3.18. The number of fused-ring (bicyclic) bond motifs is 1. The molecule has 23 heavy (non-hydrogen) atoms. The van der Waals surface area contributed by atoms with Crippen LogP contribution < -0.4 is 10.6 Å². The predicted molar refractivity (Wildman–Crippen MR) is 79.8 cm³/mol. The number of hydrogen-bond acceptors (Lipinski definition) is 6. The van der Waals surface area contributed by atoms with Crippen molar-refractivity contribution in [1.82, 2.24) is 15.5 Å². The lowest BCUT2D eigenvalue weighted by Crippen LogP contribution is -2.40. The van der Waals surface area contributed by atoms with Crippen LogP contribution >= 0.6 is 0 Å². The van der Waals surface area contributed by atoms with Crippen molar-refractivity contribution in [2.45, 2.75) is 6.54 Å². The summed E-state index contributed by atoms with van der Waals surface area (Å²) in [7, 11) is 0. The number of likely N-dealkylation sites (tertiary alicyclic amines) is 1. The molecule has 3 rings (SSSR count). The number of rotatable bonds is 6. The monoisotopic (exact) mass is 323 g/mol. The first-order valence-corrected chi connectivity index (χ1v) is 7.65. The van der Waals surface area contributed by atoms with Crippen LogP contribution in [-0.2, 0) is 11.3 Å². The van der Waals surface area contributed by atoms with E-state index >= 15 is 0 Å². The third-order valence-corrected chi connectivity index (χ3v) is 4.77. The van der Waals surface area contributed by atoms with Gasteiger partial charge in [-0.3, -0.25) is 9.69 Å². The van der Waals surface area contributed by atoms with Crippen LogP contribution in [0.1, 0.15) is 16.3 Å². The van der Waals surface area contributed by atoms with Crippen LogP contribution in [0.25, 0.3) is 0 Å². The lowest BCUT2D eigenvalue weighted by atomic mass is 9.82. The fourth-order valence-corrected chi connectivity index (χ4v) is 3.51. The van der Waals surface area contributed by atoms with Crippen LogP contribution in [0.15, 0.2) is 16.5 Å². The Kier molecular flexibility index (Phi) is 4.38. The number of furan rings is 1. The van der Waals surface area contributed by atoms with E-state index in [0.29, 0.717) is 18.2 Å². The maximum absolute atomic E-state index is 12.0. The molecule has 3 heterocycles. The Morgan fingerprint density at radius 1 is 1.48 bits per heavy atom. The SMILES string of the molecule is O=C(CN1CC2CNCC2(CO)C1)NCc1ccc(C(=O)O)o1. The molecule has 4 N–H and O–H groups in total. The summed E-state index contributed by atoms with van der Waals surface area (Å²) in [6.07, 6.45) is 0. The van der Waals surface area contributed by atoms with Crippen LogP contribution in [0.2, 0.25) is 0 Å². The first-order chi connectivity index (χ1) is 11.0. The standard InChI is InChI=1S/C15H21N3O5/c19-9-15-7-16-3-10(15)5-18(8-15)6-13(20)17-4-11-1-2-12(23-11)14(21)22/h1-2,10,16,19H,3-9H2,(H,17,20)(H,21,22). The fraction of sp³-hybridized carbons (Fsp3) is 0.600. The van der Waals surface area contributed by atoms with Gasteiger partial charge in [-0.15, -0.1) is 0 Å². The van der Waals surface area contributed by atoms with E-state index in [1.54, 1.807) is 0 Å². The number of aliphatic hydroxyl groups is 1. The molecule has 0 saturated carbocycles. The van der Waals surface area contributed by atoms with Crippen molar-refractivity contribution in [3.05, 3.63) is 23.7 Å². The van der Waals surface area contributed by atoms with Crippen molar-refractivity contribution >= 4 is 11.9 Å². The number of carboxylic acid groups (broad SMARTS) is 1. The van der Waals surface area contributed by atoms with E-state index in [1.165, 1.54) is 12.1 Å². The van der Waals surface area contributed by atoms with Gasteiger partial charge in [-0.05, 0) is 24.6 Å². The molecule has 2 saturated heterocycles. The number of nitrogens with zero attached hydrogens (tertiary/aromatic N) is 1. The van der Waals surface area contributed by atoms with Crippen LogP contribution in [-0.4, -0.2) is 66.3 Å². The number of aromatic carboxylic acids is 1. The molecule has 8 heteroatoms. The van der Waals surface area contributed by atoms with Crippen molar-refractivity contribution in [2.24, 2.45) is 11.3 Å². The Hall–Kier alpha value is -1.90. The molecule has 8 nitrogen and oxygen atoms in total. The zero-order valence-electron chi connectivity index (χ0n) is 12.7. The minimum absolute atomic E-state index is 0.127. The fourth-order valence-electron chi connectivity index (χ4n) is 3.51. The molecule has 2 atom stereocenters. The number of aliphatic hydroxyl groups excluding tert-OH is 1. The van der Waals surface area contributed by atoms with Gasteiger partial charge in [0, 0.05) is 25.0 Å². The summed E-state index contributed by atoms with van der Waals surface area (Å²) in [5.41, 5.74) is -0.127. The highest BCUT2D eigenvalue weighted by Gasteiger charge is 2.49. The molecule has 2 aliphatic rings. The number of nitrogens with one attached hydrogen (secondary N) is 2. The van der Waals surface area contributed by atoms with Crippen molar-refractivity contribution in [3.8, 4) is 0 Å². The van der Waals surface area contributed by atoms with Crippen molar-refractivity contribution in [2.75, 3.05) is 39.3 Å². The first kappa shape index (κ1) is 16.0. The second kappa shape index (κ2) is 6.31. The van der Waals surface area contributed by atoms with Gasteiger partial charge in [0.25, 0.3) is 0 Å². The van der Waals surface area contributed by atoms with Crippen LogP contribution in [0.4, 0.5) is 0 Å². The summed E-state index contributed by atoms with van der Waals surface area (Å²) in [5, 5.41) is 24.5. The van der Waals surface area contributed by atoms with Crippen LogP contribution in [0.5, 0.6) is 0 Å². The van der Waals surface area contributed by atoms with Gasteiger partial charge in [0.1, 0.15) is 5.76 Å². The molecule has 2 fully saturated rings. The molecule has 126 valence electrons. The molecule has 0 bridgehead atoms. The first-order valence-electron chi connectivity index (χ1n) is 7.65. The molecule has 0 aromatic carbocycles. The summed E-state index contributed by atoms with van der Waals surface area (Å²) < 4.78 is 5.09. The summed E-state index contributed by atoms with van der Waals surface area (Å²) in [6.45, 7) is 3.73. The highest BCUT2D eigenvalue weighted by Crippen LogP contribution is 2.38. The molecule has 1 aromatic rings. The highest BCUT2D eigenvalue weighted by atomic mass is 16.4. The minimum atomic E-state index is -1.13. The lowest BCUT2D eigenvalue weighted by Gasteiger charge is -2.25. The smallest absolute Gasteiger partial charge is 0.371 e. The van der Waals surface area contributed by atoms with E-state index in [1.807, 2.05) is 0 Å². The van der Waals surface area contributed by atoms with E-state index in [-0.39, 0.29) is 36.8 Å². The molecule has 1 amide bonds. The largest absolute Gasteiger partial charge is 0.475 e. The van der Waals surface area contributed by atoms with E-state index in [2.05, 4.69) is 15.5 Å². The number of carbonyl (C=O) groups excluding carboxylic acids is 1. The second-order valence-electron chi connectivity index (χ2n) is 6.37. The Balaban J connectivity index is 1.47. The summed E-state index contributed by atoms with van der Waals surface area (Å²) >= 11 is 0. The Bertz CT molecular complexity index is 602. The van der Waals surface area contributed by atoms with Crippen LogP contribution in [0, 0.1) is 11.3 Å². The summed E-state index contributed by atoms with van der Waals surface area (Å²) in [6, 6.07) is 2.90. The zero-order chi connectivity index (χ0) is 16.4. The van der Waals surface area contributed by atoms with E-state index in [4.69, 9.17) is 9.52 Å². The number of hydrogen-bond donors (Lipinski definition) is 4. The maximum atomic E-state index is 12.0. The van der Waals surface area contributed by atoms with Crippen molar-refractivity contribution < 1.29 is 24.2 Å². The summed E-state index contributed by atoms with van der Waals surface area (Å²) in [4.78, 5) is 24.8. The Morgan fingerprint density at radius 2 is 2.30 bits per heavy atom. The summed E-state index contributed by atoms with van der Waals surface area (Å²) in [5.74, 6) is -0.624. The third kappa shape index (κ3) is 3.24. The third-order valence-electron chi connectivity index (χ3n) is 4.77. The van der Waals surface area contributed by atoms with Gasteiger partial charge in [-0.2, -0.15) is 0 Å². The molecule has 1 aromatic heterocycles. The Morgan fingerprint density at radius 3 is 2.96 bits per heavy atom. The molecular formula is C15H21N3O5. The molecule has 0 aliphatic carbocycles. The number of carboxylic acids is 1. The lowest BCUT2D eigenvalue weighted by molar-refractivity contribution is -0.122. The van der Waals surface area contributed by atoms with Gasteiger partial charge >= 0.3 is 5.97 Å². The van der Waals surface area contributed by atoms with Gasteiger partial charge in [0.15, 0.2) is 0 Å². The van der Waals surface area contributed by atoms with Gasteiger partial charge in [0.05, 0.1) is 19.7 Å². The van der Waals surface area contributed by atoms with Gasteiger partial charge in [-0.25, -0.2) is 4.79 Å². The predicted octanol–water partition coefficient (Wildman–Crippen LogP) is -0.892. The van der Waals surface area contributed by atoms with Gasteiger partial charge in [-0.1, -0.05) is 0 Å². The zero-order valence-corrected chi connectivity index (χ0v) is 12.7. The van der Waals surface area contributed by atoms with Gasteiger partial charge in [0.2, 0.25) is 11.7 Å². The topological polar surface area (TPSA) is 115 Å². The molecule has 0 radical (unpaired) electrons. The molecule has 2 aliphatic heterocycles. The number of carbonyl (C=O) groups is 2. The van der Waals surface area contributed by atoms with Crippen LogP contribution in [0.3, 0.4) is 0 Å². The number of amides is 1. The second-order valence-corrected chi connectivity index (χ2v) is 6.37. The van der Waals surface area contributed by atoms with E-state index in [0.717, 1.165) is 19.6 Å². The molecule has 0 spiro atoms. The molecule has 2 unspecified atom stereocenters. The highest BCUT2D eigenvalue weighted by molar-refractivity contribution is 5.84. The van der Waals surface area contributed by atoms with Gasteiger partial charge < -0.3 is 25.3 Å². The maximum Gasteiger partial charge on any atom is 0.371 e. The van der Waals surface area contributed by atoms with Crippen molar-refractivity contribution in [3.63, 3.8) is 0 Å². The van der Waals surface area contributed by atoms with Crippen molar-refractivity contribution in [1.29, 1.82) is 0 Å². The Labute approximate surface area is 133 Å². The van der Waals surface area contributed by atoms with E-state index in [9.17, 15) is 14.7 Å². The minimum Gasteiger partial charge on any atom is -0.475 e. The van der Waals surface area contributed by atoms with E-state index < -0.39 is 5.97 Å². The molecular weight excluding hydrogens is 302 g/mol. The normalized spacial score (nSPS) is 27.1.